The predicted molar refractivity (Wildman–Crippen MR) is 77.8 cm³/mol. The molecule has 112 valence electrons. The SMILES string of the molecule is CC1CC(C)CC(OCC(C)(NC(C)C)C(N)=O)C1. The highest BCUT2D eigenvalue weighted by Gasteiger charge is 2.34. The molecule has 0 bridgehead atoms. The largest absolute Gasteiger partial charge is 0.376 e. The van der Waals surface area contributed by atoms with E-state index in [4.69, 9.17) is 10.5 Å². The third-order valence-corrected chi connectivity index (χ3v) is 3.89. The van der Waals surface area contributed by atoms with E-state index in [1.807, 2.05) is 20.8 Å². The highest BCUT2D eigenvalue weighted by atomic mass is 16.5. The summed E-state index contributed by atoms with van der Waals surface area (Å²) in [4.78, 5) is 11.6. The zero-order valence-corrected chi connectivity index (χ0v) is 13.0. The van der Waals surface area contributed by atoms with Crippen LogP contribution in [-0.2, 0) is 9.53 Å². The van der Waals surface area contributed by atoms with Crippen molar-refractivity contribution in [2.45, 2.75) is 71.6 Å². The molecule has 0 radical (unpaired) electrons. The average Bonchev–Trinajstić information content (AvgIpc) is 2.24. The van der Waals surface area contributed by atoms with Crippen LogP contribution in [0.15, 0.2) is 0 Å². The van der Waals surface area contributed by atoms with Crippen molar-refractivity contribution in [1.29, 1.82) is 0 Å². The lowest BCUT2D eigenvalue weighted by molar-refractivity contribution is -0.128. The molecule has 3 atom stereocenters. The van der Waals surface area contributed by atoms with Gasteiger partial charge in [0.05, 0.1) is 12.7 Å². The summed E-state index contributed by atoms with van der Waals surface area (Å²) in [6.45, 7) is 10.7. The van der Waals surface area contributed by atoms with Gasteiger partial charge in [0.15, 0.2) is 0 Å². The van der Waals surface area contributed by atoms with E-state index in [2.05, 4.69) is 19.2 Å². The second kappa shape index (κ2) is 6.71. The van der Waals surface area contributed by atoms with E-state index < -0.39 is 5.54 Å². The van der Waals surface area contributed by atoms with Crippen molar-refractivity contribution in [3.05, 3.63) is 0 Å². The molecule has 1 fully saturated rings. The number of rotatable bonds is 6. The van der Waals surface area contributed by atoms with Gasteiger partial charge < -0.3 is 10.5 Å². The van der Waals surface area contributed by atoms with Crippen LogP contribution in [0.4, 0.5) is 0 Å². The Kier molecular flexibility index (Phi) is 5.81. The van der Waals surface area contributed by atoms with Gasteiger partial charge in [0.2, 0.25) is 5.91 Å². The molecule has 0 aromatic heterocycles. The Bertz CT molecular complexity index is 297. The second-order valence-corrected chi connectivity index (χ2v) is 6.85. The summed E-state index contributed by atoms with van der Waals surface area (Å²) in [7, 11) is 0. The zero-order chi connectivity index (χ0) is 14.6. The monoisotopic (exact) mass is 270 g/mol. The van der Waals surface area contributed by atoms with Crippen LogP contribution in [-0.4, -0.2) is 30.2 Å². The normalized spacial score (nSPS) is 31.2. The number of carbonyl (C=O) groups excluding carboxylic acids is 1. The highest BCUT2D eigenvalue weighted by molar-refractivity contribution is 5.84. The Morgan fingerprint density at radius 3 is 2.26 bits per heavy atom. The maximum Gasteiger partial charge on any atom is 0.239 e. The number of carbonyl (C=O) groups is 1. The number of hydrogen-bond acceptors (Lipinski definition) is 3. The molecule has 1 rings (SSSR count). The summed E-state index contributed by atoms with van der Waals surface area (Å²) >= 11 is 0. The summed E-state index contributed by atoms with van der Waals surface area (Å²) < 4.78 is 5.99. The Morgan fingerprint density at radius 2 is 1.84 bits per heavy atom. The lowest BCUT2D eigenvalue weighted by Gasteiger charge is -2.35. The summed E-state index contributed by atoms with van der Waals surface area (Å²) in [5.74, 6) is 1.05. The van der Waals surface area contributed by atoms with Gasteiger partial charge in [-0.05, 0) is 51.9 Å². The van der Waals surface area contributed by atoms with E-state index >= 15 is 0 Å². The molecule has 0 saturated heterocycles. The minimum absolute atomic E-state index is 0.199. The lowest BCUT2D eigenvalue weighted by Crippen LogP contribution is -2.59. The van der Waals surface area contributed by atoms with Crippen molar-refractivity contribution < 1.29 is 9.53 Å². The molecule has 3 N–H and O–H groups in total. The summed E-state index contributed by atoms with van der Waals surface area (Å²) in [6, 6.07) is 0.199. The standard InChI is InChI=1S/C15H30N2O2/c1-10(2)17-15(5,14(16)18)9-19-13-7-11(3)6-12(4)8-13/h10-13,17H,6-9H2,1-5H3,(H2,16,18). The average molecular weight is 270 g/mol. The van der Waals surface area contributed by atoms with E-state index in [0.29, 0.717) is 18.4 Å². The van der Waals surface area contributed by atoms with Crippen LogP contribution in [0.1, 0.15) is 53.9 Å². The predicted octanol–water partition coefficient (Wildman–Crippen LogP) is 2.07. The fourth-order valence-corrected chi connectivity index (χ4v) is 3.11. The van der Waals surface area contributed by atoms with Crippen LogP contribution in [0, 0.1) is 11.8 Å². The molecule has 19 heavy (non-hydrogen) atoms. The smallest absolute Gasteiger partial charge is 0.239 e. The molecule has 1 aliphatic carbocycles. The molecule has 1 aliphatic rings. The van der Waals surface area contributed by atoms with Gasteiger partial charge in [-0.3, -0.25) is 10.1 Å². The van der Waals surface area contributed by atoms with E-state index in [9.17, 15) is 4.79 Å². The number of amides is 1. The topological polar surface area (TPSA) is 64.3 Å². The molecule has 0 aliphatic heterocycles. The van der Waals surface area contributed by atoms with Crippen molar-refractivity contribution in [2.24, 2.45) is 17.6 Å². The van der Waals surface area contributed by atoms with Crippen molar-refractivity contribution in [1.82, 2.24) is 5.32 Å². The number of primary amides is 1. The van der Waals surface area contributed by atoms with Gasteiger partial charge in [-0.2, -0.15) is 0 Å². The van der Waals surface area contributed by atoms with Crippen molar-refractivity contribution in [3.8, 4) is 0 Å². The first-order valence-corrected chi connectivity index (χ1v) is 7.42. The van der Waals surface area contributed by atoms with E-state index in [0.717, 1.165) is 12.8 Å². The Morgan fingerprint density at radius 1 is 1.32 bits per heavy atom. The number of hydrogen-bond donors (Lipinski definition) is 2. The third kappa shape index (κ3) is 5.11. The first-order chi connectivity index (χ1) is 8.73. The van der Waals surface area contributed by atoms with E-state index in [-0.39, 0.29) is 18.1 Å². The van der Waals surface area contributed by atoms with Gasteiger partial charge in [0.25, 0.3) is 0 Å². The molecular weight excluding hydrogens is 240 g/mol. The van der Waals surface area contributed by atoms with Crippen LogP contribution in [0.5, 0.6) is 0 Å². The maximum absolute atomic E-state index is 11.6. The van der Waals surface area contributed by atoms with Crippen LogP contribution in [0.25, 0.3) is 0 Å². The molecule has 4 heteroatoms. The Labute approximate surface area is 117 Å². The molecule has 0 heterocycles. The molecule has 1 saturated carbocycles. The molecule has 0 spiro atoms. The number of nitrogens with two attached hydrogens (primary N) is 1. The van der Waals surface area contributed by atoms with Gasteiger partial charge in [-0.15, -0.1) is 0 Å². The zero-order valence-electron chi connectivity index (χ0n) is 13.0. The molecular formula is C15H30N2O2. The van der Waals surface area contributed by atoms with Gasteiger partial charge >= 0.3 is 0 Å². The van der Waals surface area contributed by atoms with Gasteiger partial charge in [0, 0.05) is 6.04 Å². The quantitative estimate of drug-likeness (QED) is 0.776. The third-order valence-electron chi connectivity index (χ3n) is 3.89. The van der Waals surface area contributed by atoms with Crippen molar-refractivity contribution in [3.63, 3.8) is 0 Å². The fraction of sp³-hybridized carbons (Fsp3) is 0.933. The summed E-state index contributed by atoms with van der Waals surface area (Å²) in [5.41, 5.74) is 4.73. The minimum Gasteiger partial charge on any atom is -0.376 e. The molecule has 1 amide bonds. The van der Waals surface area contributed by atoms with E-state index in [1.54, 1.807) is 0 Å². The van der Waals surface area contributed by atoms with Crippen LogP contribution in [0.3, 0.4) is 0 Å². The van der Waals surface area contributed by atoms with Crippen LogP contribution < -0.4 is 11.1 Å². The molecule has 3 unspecified atom stereocenters. The number of ether oxygens (including phenoxy) is 1. The Hall–Kier alpha value is -0.610. The summed E-state index contributed by atoms with van der Waals surface area (Å²) in [6.07, 6.45) is 3.70. The van der Waals surface area contributed by atoms with Crippen molar-refractivity contribution in [2.75, 3.05) is 6.61 Å². The first kappa shape index (κ1) is 16.4. The van der Waals surface area contributed by atoms with E-state index in [1.165, 1.54) is 6.42 Å². The van der Waals surface area contributed by atoms with Crippen LogP contribution in [0.2, 0.25) is 0 Å². The summed E-state index contributed by atoms with van der Waals surface area (Å²) in [5, 5.41) is 3.22. The maximum atomic E-state index is 11.6. The minimum atomic E-state index is -0.780. The van der Waals surface area contributed by atoms with Gasteiger partial charge in [-0.25, -0.2) is 0 Å². The molecule has 4 nitrogen and oxygen atoms in total. The number of nitrogens with one attached hydrogen (secondary N) is 1. The molecule has 0 aromatic carbocycles. The van der Waals surface area contributed by atoms with Crippen LogP contribution >= 0.6 is 0 Å². The molecule has 0 aromatic rings. The Balaban J connectivity index is 2.54. The van der Waals surface area contributed by atoms with Crippen molar-refractivity contribution >= 4 is 5.91 Å². The highest BCUT2D eigenvalue weighted by Crippen LogP contribution is 2.30. The van der Waals surface area contributed by atoms with Gasteiger partial charge in [0.1, 0.15) is 5.54 Å². The first-order valence-electron chi connectivity index (χ1n) is 7.42. The fourth-order valence-electron chi connectivity index (χ4n) is 3.11. The lowest BCUT2D eigenvalue weighted by atomic mass is 9.81. The van der Waals surface area contributed by atoms with Gasteiger partial charge in [-0.1, -0.05) is 13.8 Å². The second-order valence-electron chi connectivity index (χ2n) is 6.85.